The lowest BCUT2D eigenvalue weighted by Gasteiger charge is -2.35. The first-order valence-electron chi connectivity index (χ1n) is 6.23. The van der Waals surface area contributed by atoms with Gasteiger partial charge < -0.3 is 10.4 Å². The van der Waals surface area contributed by atoms with Crippen LogP contribution in [0.4, 0.5) is 4.39 Å². The molecule has 1 saturated heterocycles. The molecule has 1 aromatic carbocycles. The first-order chi connectivity index (χ1) is 8.72. The van der Waals surface area contributed by atoms with Gasteiger partial charge in [-0.2, -0.15) is 0 Å². The smallest absolute Gasteiger partial charge is 0.124 e. The van der Waals surface area contributed by atoms with E-state index in [1.165, 1.54) is 12.1 Å². The average Bonchev–Trinajstić information content (AvgIpc) is 2.38. The predicted octanol–water partition coefficient (Wildman–Crippen LogP) is 1.92. The molecular formula is C13H18BrFN2O. The number of nitrogens with one attached hydrogen (secondary N) is 1. The summed E-state index contributed by atoms with van der Waals surface area (Å²) < 4.78 is 13.9. The third kappa shape index (κ3) is 3.29. The van der Waals surface area contributed by atoms with Crippen molar-refractivity contribution in [1.29, 1.82) is 0 Å². The molecular weight excluding hydrogens is 299 g/mol. The largest absolute Gasteiger partial charge is 0.396 e. The molecule has 0 bridgehead atoms. The SMILES string of the molecule is OCC[C@H](c1ccc(F)cc1Br)N1CCNCC1. The minimum atomic E-state index is -0.242. The molecule has 1 aliphatic rings. The first kappa shape index (κ1) is 13.9. The summed E-state index contributed by atoms with van der Waals surface area (Å²) in [5.74, 6) is -0.242. The lowest BCUT2D eigenvalue weighted by Crippen LogP contribution is -2.45. The van der Waals surface area contributed by atoms with Crippen LogP contribution in [0.1, 0.15) is 18.0 Å². The van der Waals surface area contributed by atoms with Crippen LogP contribution in [0.5, 0.6) is 0 Å². The van der Waals surface area contributed by atoms with Gasteiger partial charge in [-0.15, -0.1) is 0 Å². The summed E-state index contributed by atoms with van der Waals surface area (Å²) in [7, 11) is 0. The maximum absolute atomic E-state index is 13.1. The number of aliphatic hydroxyl groups excluding tert-OH is 1. The highest BCUT2D eigenvalue weighted by Crippen LogP contribution is 2.31. The molecule has 1 fully saturated rings. The minimum absolute atomic E-state index is 0.137. The second-order valence-corrected chi connectivity index (χ2v) is 5.33. The molecule has 18 heavy (non-hydrogen) atoms. The Kier molecular flexibility index (Phi) is 5.12. The molecule has 100 valence electrons. The molecule has 1 heterocycles. The minimum Gasteiger partial charge on any atom is -0.396 e. The normalized spacial score (nSPS) is 18.8. The quantitative estimate of drug-likeness (QED) is 0.891. The van der Waals surface area contributed by atoms with Crippen LogP contribution in [0.2, 0.25) is 0 Å². The van der Waals surface area contributed by atoms with Gasteiger partial charge in [-0.3, -0.25) is 4.90 Å². The lowest BCUT2D eigenvalue weighted by molar-refractivity contribution is 0.140. The Labute approximate surface area is 115 Å². The van der Waals surface area contributed by atoms with Gasteiger partial charge in [0.05, 0.1) is 0 Å². The molecule has 1 aromatic rings. The molecule has 2 rings (SSSR count). The predicted molar refractivity (Wildman–Crippen MR) is 73.0 cm³/mol. The summed E-state index contributed by atoms with van der Waals surface area (Å²) in [5, 5.41) is 12.6. The van der Waals surface area contributed by atoms with Crippen molar-refractivity contribution in [1.82, 2.24) is 10.2 Å². The zero-order valence-corrected chi connectivity index (χ0v) is 11.8. The zero-order chi connectivity index (χ0) is 13.0. The van der Waals surface area contributed by atoms with Crippen LogP contribution in [0, 0.1) is 5.82 Å². The third-order valence-corrected chi connectivity index (χ3v) is 4.00. The molecule has 0 saturated carbocycles. The lowest BCUT2D eigenvalue weighted by atomic mass is 10.0. The van der Waals surface area contributed by atoms with Crippen LogP contribution >= 0.6 is 15.9 Å². The van der Waals surface area contributed by atoms with Crippen molar-refractivity contribution >= 4 is 15.9 Å². The van der Waals surface area contributed by atoms with Gasteiger partial charge in [0.15, 0.2) is 0 Å². The molecule has 0 unspecified atom stereocenters. The Morgan fingerprint density at radius 2 is 2.11 bits per heavy atom. The van der Waals surface area contributed by atoms with Gasteiger partial charge >= 0.3 is 0 Å². The van der Waals surface area contributed by atoms with Crippen molar-refractivity contribution in [3.05, 3.63) is 34.1 Å². The number of rotatable bonds is 4. The van der Waals surface area contributed by atoms with Crippen LogP contribution in [-0.2, 0) is 0 Å². The summed E-state index contributed by atoms with van der Waals surface area (Å²) in [5.41, 5.74) is 1.05. The molecule has 0 aromatic heterocycles. The first-order valence-corrected chi connectivity index (χ1v) is 7.02. The zero-order valence-electron chi connectivity index (χ0n) is 10.2. The van der Waals surface area contributed by atoms with Crippen molar-refractivity contribution < 1.29 is 9.50 Å². The summed E-state index contributed by atoms with van der Waals surface area (Å²) >= 11 is 3.42. The highest BCUT2D eigenvalue weighted by molar-refractivity contribution is 9.10. The molecule has 0 radical (unpaired) electrons. The van der Waals surface area contributed by atoms with E-state index in [0.717, 1.165) is 36.2 Å². The second kappa shape index (κ2) is 6.61. The highest BCUT2D eigenvalue weighted by Gasteiger charge is 2.23. The van der Waals surface area contributed by atoms with Crippen molar-refractivity contribution in [2.24, 2.45) is 0 Å². The van der Waals surface area contributed by atoms with E-state index >= 15 is 0 Å². The molecule has 0 amide bonds. The summed E-state index contributed by atoms with van der Waals surface area (Å²) in [6.07, 6.45) is 0.671. The molecule has 2 N–H and O–H groups in total. The van der Waals surface area contributed by atoms with E-state index in [1.807, 2.05) is 6.07 Å². The number of aliphatic hydroxyl groups is 1. The molecule has 0 spiro atoms. The van der Waals surface area contributed by atoms with Crippen LogP contribution in [0.25, 0.3) is 0 Å². The fourth-order valence-corrected chi connectivity index (χ4v) is 3.04. The van der Waals surface area contributed by atoms with Crippen molar-refractivity contribution in [3.8, 4) is 0 Å². The topological polar surface area (TPSA) is 35.5 Å². The Bertz CT molecular complexity index is 397. The van der Waals surface area contributed by atoms with E-state index in [-0.39, 0.29) is 18.5 Å². The number of halogens is 2. The van der Waals surface area contributed by atoms with Gasteiger partial charge in [-0.05, 0) is 24.1 Å². The summed E-state index contributed by atoms with van der Waals surface area (Å²) in [6, 6.07) is 4.92. The number of piperazine rings is 1. The fourth-order valence-electron chi connectivity index (χ4n) is 2.42. The van der Waals surface area contributed by atoms with E-state index in [2.05, 4.69) is 26.1 Å². The Hall–Kier alpha value is -0.490. The molecule has 5 heteroatoms. The number of nitrogens with zero attached hydrogens (tertiary/aromatic N) is 1. The maximum atomic E-state index is 13.1. The standard InChI is InChI=1S/C13H18BrFN2O/c14-12-9-10(15)1-2-11(12)13(3-8-18)17-6-4-16-5-7-17/h1-2,9,13,16,18H,3-8H2/t13-/m1/s1. The van der Waals surface area contributed by atoms with Crippen molar-refractivity contribution in [2.45, 2.75) is 12.5 Å². The molecule has 3 nitrogen and oxygen atoms in total. The molecule has 1 aliphatic heterocycles. The molecule has 0 aliphatic carbocycles. The third-order valence-electron chi connectivity index (χ3n) is 3.32. The summed E-state index contributed by atoms with van der Waals surface area (Å²) in [6.45, 7) is 3.96. The monoisotopic (exact) mass is 316 g/mol. The number of hydrogen-bond donors (Lipinski definition) is 2. The van der Waals surface area contributed by atoms with E-state index in [9.17, 15) is 9.50 Å². The number of benzene rings is 1. The van der Waals surface area contributed by atoms with Gasteiger partial charge in [0.25, 0.3) is 0 Å². The van der Waals surface area contributed by atoms with Crippen LogP contribution < -0.4 is 5.32 Å². The van der Waals surface area contributed by atoms with Crippen LogP contribution in [-0.4, -0.2) is 42.8 Å². The maximum Gasteiger partial charge on any atom is 0.124 e. The Morgan fingerprint density at radius 1 is 1.39 bits per heavy atom. The van der Waals surface area contributed by atoms with Gasteiger partial charge in [0, 0.05) is 43.3 Å². The molecule has 1 atom stereocenters. The van der Waals surface area contributed by atoms with Crippen molar-refractivity contribution in [3.63, 3.8) is 0 Å². The van der Waals surface area contributed by atoms with Crippen LogP contribution in [0.15, 0.2) is 22.7 Å². The summed E-state index contributed by atoms with van der Waals surface area (Å²) in [4.78, 5) is 2.34. The van der Waals surface area contributed by atoms with Crippen LogP contribution in [0.3, 0.4) is 0 Å². The van der Waals surface area contributed by atoms with E-state index < -0.39 is 0 Å². The van der Waals surface area contributed by atoms with Gasteiger partial charge in [0.2, 0.25) is 0 Å². The van der Waals surface area contributed by atoms with E-state index in [0.29, 0.717) is 6.42 Å². The van der Waals surface area contributed by atoms with Crippen molar-refractivity contribution in [2.75, 3.05) is 32.8 Å². The van der Waals surface area contributed by atoms with E-state index in [4.69, 9.17) is 0 Å². The number of hydrogen-bond acceptors (Lipinski definition) is 3. The van der Waals surface area contributed by atoms with Gasteiger partial charge in [-0.1, -0.05) is 22.0 Å². The van der Waals surface area contributed by atoms with Gasteiger partial charge in [-0.25, -0.2) is 4.39 Å². The fraction of sp³-hybridized carbons (Fsp3) is 0.538. The van der Waals surface area contributed by atoms with E-state index in [1.54, 1.807) is 0 Å². The Morgan fingerprint density at radius 3 is 2.72 bits per heavy atom. The van der Waals surface area contributed by atoms with Gasteiger partial charge in [0.1, 0.15) is 5.82 Å². The highest BCUT2D eigenvalue weighted by atomic mass is 79.9. The Balaban J connectivity index is 2.22. The average molecular weight is 317 g/mol. The second-order valence-electron chi connectivity index (χ2n) is 4.48.